The molecule has 0 bridgehead atoms. The van der Waals surface area contributed by atoms with Crippen LogP contribution in [0.15, 0.2) is 183 Å². The van der Waals surface area contributed by atoms with Crippen LogP contribution in [0.2, 0.25) is 25.4 Å². The zero-order valence-electron chi connectivity index (χ0n) is 68.3. The van der Waals surface area contributed by atoms with Crippen molar-refractivity contribution in [1.29, 1.82) is 0 Å². The van der Waals surface area contributed by atoms with Gasteiger partial charge in [0.05, 0.1) is 23.4 Å². The fourth-order valence-corrected chi connectivity index (χ4v) is 10.0. The standard InChI is InChI=1S/C13H10Cl2N4O2.C13H11ClN4O2.C13H14ClN3O2.C7H5ClO.C5H6N4O4.C5H8N4O2.C5H7N3O2.C4H5N3O2.C4H10O3.5CH4.2Na.O4S2/c1-18-11(20)9-10(17-13(18)21)16-12(15)19(9)6-7-2-4-8(14)5-3-7;1-17-12(19)10-11(16-13(17)20)15-7-18(10)6-8-2-4-9(14)5-3-8;1-17-12(18)10(11(15)16-13(17)19)7-4-8-2-5-9(14)6-3-8;8-7-3-1-6(5-9)2-4-7;1-8-4(10)2(9(12)13)3(6)7-5(8)11;1-9-4(10)2(6)3(7)8-5(9)11;1-8-4(9)2-3(6)7-5(8)10;5-2-1-3(8)7-4(9)6-2;1-5-4(6-2)7-3;;;;;;;;1-5(2)6(3)4/h2-5H,6H2,1H3,(H,17,21);2-5,7H,6H2,1H3,(H,16,20);2-3,5-6H,4,7,15H2,1H3,(H,16,19);1-5H;6H2,1H3,(H,7,11);6-7H2,1H3,(H,8,11);2H,6H2,1H3,(H,7,10);1H,(H4,5,6,7,8,9);4H,1-3H3;5*1H4;;;. The van der Waals surface area contributed by atoms with E-state index in [4.69, 9.17) is 109 Å². The first-order valence-corrected chi connectivity index (χ1v) is 47.7. The van der Waals surface area contributed by atoms with Gasteiger partial charge in [-0.15, -0.1) is 0 Å². The van der Waals surface area contributed by atoms with Crippen LogP contribution in [0, 0.1) is 10.1 Å². The summed E-state index contributed by atoms with van der Waals surface area (Å²) in [5, 5.41) is 13.0. The number of imidazole rings is 2. The number of halogens is 5. The molecule has 0 amide bonds. The van der Waals surface area contributed by atoms with E-state index in [0.717, 1.165) is 65.0 Å². The SMILES string of the molecule is C.C.C.C.C.COC(OC)OC.Cn1c(=O)[nH]c(N)c(CCc2ccc(Cl)cc2)c1=O.Cn1c(=O)[nH]c(N)c(N)c1=O.Cn1c(=O)[nH]c(N)c([N+](=O)[O-])c1=O.Cn1c(=O)[nH]c2nc(Cl)n(Cc3ccc(Cl)cc3)c2c1=O.Cn1c(=O)[nH]c2ncn(Cc3ccc(Cl)cc3)c2c1=O.Cn1c(=O)cc(N)[nH]c1=O.Nc1cc(=O)[nH]c(=O)[nH]1.O=Cc1ccc(Cl)cc1.O=S(=O)=S(=O)=O.[Na][Na]. The molecule has 13 aromatic rings. The average Bonchev–Trinajstić information content (AvgIpc) is 1.61. The number of benzene rings is 4. The number of methoxy groups -OCH3 is 3. The summed E-state index contributed by atoms with van der Waals surface area (Å²) in [5.74, 6) is -0.310. The number of aldehydes is 1. The number of carbonyl (C=O) groups excluding carboxylic acids is 1. The summed E-state index contributed by atoms with van der Waals surface area (Å²) >= 11 is 32.0. The van der Waals surface area contributed by atoms with E-state index in [-0.39, 0.29) is 93.7 Å². The van der Waals surface area contributed by atoms with Crippen LogP contribution in [0.25, 0.3) is 22.3 Å². The summed E-state index contributed by atoms with van der Waals surface area (Å²) in [5.41, 5.74) is 28.1. The van der Waals surface area contributed by atoms with Crippen molar-refractivity contribution in [2.24, 2.45) is 42.3 Å². The maximum absolute atomic E-state index is 12.2. The van der Waals surface area contributed by atoms with Crippen LogP contribution in [0.1, 0.15) is 69.7 Å². The number of fused-ring (bicyclic) bond motifs is 2. The number of anilines is 6. The molecule has 13 rings (SSSR count). The quantitative estimate of drug-likeness (QED) is 0.0206. The van der Waals surface area contributed by atoms with Crippen LogP contribution in [0.5, 0.6) is 0 Å². The summed E-state index contributed by atoms with van der Waals surface area (Å²) < 4.78 is 58.8. The Bertz CT molecular complexity index is 7140. The summed E-state index contributed by atoms with van der Waals surface area (Å²) in [6, 6.07) is 30.9. The number of nitrogens with two attached hydrogens (primary N) is 6. The van der Waals surface area contributed by atoms with Crippen molar-refractivity contribution in [2.75, 3.05) is 55.7 Å². The second kappa shape index (κ2) is 59.7. The number of ether oxygens (including phenoxy) is 3. The Balaban J connectivity index is -0.00000142. The van der Waals surface area contributed by atoms with E-state index in [1.54, 1.807) is 69.8 Å². The second-order valence-corrected chi connectivity index (χ2v) is 28.9. The molecule has 0 aliphatic carbocycles. The Morgan fingerprint density at radius 2 is 0.833 bits per heavy atom. The van der Waals surface area contributed by atoms with Crippen LogP contribution in [-0.4, -0.2) is 186 Å². The van der Waals surface area contributed by atoms with Gasteiger partial charge in [-0.1, -0.05) is 132 Å². The number of rotatable bonds is 12. The number of aryl methyl sites for hydroxylation is 1. The van der Waals surface area contributed by atoms with Gasteiger partial charge in [-0.3, -0.25) is 116 Å². The molecular weight excluding hydrogens is 1910 g/mol. The van der Waals surface area contributed by atoms with Crippen molar-refractivity contribution < 1.29 is 40.8 Å². The van der Waals surface area contributed by atoms with Crippen LogP contribution in [0.4, 0.5) is 40.5 Å². The molecule has 20 N–H and O–H groups in total. The molecule has 0 spiro atoms. The number of nitrogens with one attached hydrogen (secondary N) is 8. The van der Waals surface area contributed by atoms with Gasteiger partial charge in [0.25, 0.3) is 39.8 Å². The van der Waals surface area contributed by atoms with Gasteiger partial charge < -0.3 is 57.7 Å². The number of aromatic amines is 8. The van der Waals surface area contributed by atoms with Gasteiger partial charge in [0.15, 0.2) is 28.1 Å². The molecule has 0 saturated heterocycles. The molecule has 9 heterocycles. The van der Waals surface area contributed by atoms with E-state index in [1.165, 1.54) is 107 Å². The first-order valence-electron chi connectivity index (χ1n) is 35.1. The van der Waals surface area contributed by atoms with Gasteiger partial charge in [0, 0.05) is 108 Å². The van der Waals surface area contributed by atoms with Crippen molar-refractivity contribution in [3.63, 3.8) is 0 Å². The third-order valence-corrected chi connectivity index (χ3v) is 18.1. The topological polar surface area (TPSA) is 743 Å². The monoisotopic (exact) mass is 2000 g/mol. The molecule has 0 aliphatic heterocycles. The number of H-pyrrole nitrogens is 8. The van der Waals surface area contributed by atoms with E-state index in [9.17, 15) is 82.0 Å². The van der Waals surface area contributed by atoms with Crippen LogP contribution >= 0.6 is 58.0 Å². The van der Waals surface area contributed by atoms with E-state index in [0.29, 0.717) is 72.9 Å². The van der Waals surface area contributed by atoms with Gasteiger partial charge in [-0.05, 0) is 89.7 Å². The second-order valence-electron chi connectivity index (χ2n) is 24.4. The Labute approximate surface area is 801 Å². The Hall–Kier alpha value is -12.6. The molecular formula is C74H96Cl5N25Na2O24S2. The number of nitrogens with zero attached hydrogens (tertiary/aromatic N) is 11. The molecule has 0 unspecified atom stereocenters. The fraction of sp³-hybridized carbons (Fsp3) is 0.257. The third-order valence-electron chi connectivity index (χ3n) is 15.9. The molecule has 0 aliphatic rings. The van der Waals surface area contributed by atoms with Crippen molar-refractivity contribution in [3.8, 4) is 0 Å². The predicted molar refractivity (Wildman–Crippen MR) is 511 cm³/mol. The molecule has 4 aromatic carbocycles. The zero-order valence-corrected chi connectivity index (χ0v) is 77.8. The van der Waals surface area contributed by atoms with Crippen molar-refractivity contribution in [2.45, 2.75) is 69.5 Å². The predicted octanol–water partition coefficient (Wildman–Crippen LogP) is 1.54. The number of hydrogen-bond acceptors (Lipinski definition) is 32. The summed E-state index contributed by atoms with van der Waals surface area (Å²) in [6.45, 7) is 0.322. The van der Waals surface area contributed by atoms with Gasteiger partial charge in [-0.2, -0.15) is 21.8 Å². The number of nitrogen functional groups attached to an aromatic ring is 6. The zero-order chi connectivity index (χ0) is 96.3. The fourth-order valence-electron chi connectivity index (χ4n) is 9.32. The molecule has 9 aromatic heterocycles. The number of carbonyl (C=O) groups is 1. The maximum atomic E-state index is 12.2. The third kappa shape index (κ3) is 37.7. The summed E-state index contributed by atoms with van der Waals surface area (Å²) in [7, 11) is 6.69. The molecule has 49 nitrogen and oxygen atoms in total. The molecule has 0 fully saturated rings. The average molecular weight is 2010 g/mol. The van der Waals surface area contributed by atoms with E-state index < -0.39 is 109 Å². The minimum absolute atomic E-state index is 0. The number of nitro groups is 1. The number of aromatic nitrogens is 18. The molecule has 0 saturated carbocycles. The molecule has 132 heavy (non-hydrogen) atoms. The van der Waals surface area contributed by atoms with Gasteiger partial charge >= 0.3 is 113 Å². The Morgan fingerprint density at radius 3 is 1.25 bits per heavy atom. The van der Waals surface area contributed by atoms with Crippen LogP contribution < -0.4 is 113 Å². The van der Waals surface area contributed by atoms with Crippen LogP contribution in [0.3, 0.4) is 0 Å². The normalized spacial score (nSPS) is 9.72. The summed E-state index contributed by atoms with van der Waals surface area (Å²) in [4.78, 5) is 202. The van der Waals surface area contributed by atoms with Crippen molar-refractivity contribution in [1.82, 2.24) is 86.4 Å². The Morgan fingerprint density at radius 1 is 0.455 bits per heavy atom. The first kappa shape index (κ1) is 124. The van der Waals surface area contributed by atoms with E-state index >= 15 is 0 Å². The summed E-state index contributed by atoms with van der Waals surface area (Å²) in [6.07, 6.45) is 3.45. The molecule has 58 heteroatoms. The van der Waals surface area contributed by atoms with Gasteiger partial charge in [-0.25, -0.2) is 38.5 Å². The van der Waals surface area contributed by atoms with Crippen molar-refractivity contribution in [3.05, 3.63) is 325 Å². The Kier molecular flexibility index (Phi) is 55.9. The van der Waals surface area contributed by atoms with Gasteiger partial charge in [0.1, 0.15) is 35.2 Å². The van der Waals surface area contributed by atoms with Crippen molar-refractivity contribution >= 4 is 189 Å². The first-order chi connectivity index (χ1) is 59.6. The molecule has 710 valence electrons. The van der Waals surface area contributed by atoms with E-state index in [2.05, 4.69) is 54.1 Å². The van der Waals surface area contributed by atoms with E-state index in [1.807, 2.05) is 46.4 Å². The molecule has 0 atom stereocenters. The van der Waals surface area contributed by atoms with Gasteiger partial charge in [0.2, 0.25) is 5.28 Å². The van der Waals surface area contributed by atoms with Crippen LogP contribution in [-0.2, 0) is 101 Å². The number of hydrogen-bond donors (Lipinski definition) is 14. The molecule has 0 radical (unpaired) electrons. The minimum atomic E-state index is -2.95.